The van der Waals surface area contributed by atoms with E-state index in [1.54, 1.807) is 0 Å². The maximum absolute atomic E-state index is 9.47. The quantitative estimate of drug-likeness (QED) is 0.199. The lowest BCUT2D eigenvalue weighted by Gasteiger charge is -2.31. The molecular weight excluding hydrogens is 581 g/mol. The number of nitriles is 1. The van der Waals surface area contributed by atoms with Crippen molar-refractivity contribution < 1.29 is 0 Å². The van der Waals surface area contributed by atoms with E-state index in [9.17, 15) is 5.26 Å². The van der Waals surface area contributed by atoms with Crippen LogP contribution in [0.3, 0.4) is 0 Å². The molecule has 0 saturated carbocycles. The van der Waals surface area contributed by atoms with Crippen molar-refractivity contribution in [2.75, 3.05) is 4.90 Å². The fraction of sp³-hybridized carbons (Fsp3) is 0.0217. The summed E-state index contributed by atoms with van der Waals surface area (Å²) in [7, 11) is 0. The molecule has 0 aliphatic heterocycles. The third kappa shape index (κ3) is 3.56. The van der Waals surface area contributed by atoms with Gasteiger partial charge in [-0.05, 0) is 127 Å². The molecule has 0 bridgehead atoms. The molecular formula is C46H28N2. The fourth-order valence-electron chi connectivity index (χ4n) is 8.49. The summed E-state index contributed by atoms with van der Waals surface area (Å²) in [4.78, 5) is 2.27. The fourth-order valence-corrected chi connectivity index (χ4v) is 8.49. The molecule has 0 fully saturated rings. The molecule has 0 amide bonds. The molecule has 0 saturated heterocycles. The molecule has 0 N–H and O–H groups in total. The summed E-state index contributed by atoms with van der Waals surface area (Å²) >= 11 is 0. The summed E-state index contributed by atoms with van der Waals surface area (Å²) < 4.78 is 0. The van der Waals surface area contributed by atoms with Crippen LogP contribution in [0.25, 0.3) is 43.8 Å². The van der Waals surface area contributed by atoms with E-state index >= 15 is 0 Å². The van der Waals surface area contributed by atoms with Gasteiger partial charge in [0.2, 0.25) is 0 Å². The molecule has 48 heavy (non-hydrogen) atoms. The van der Waals surface area contributed by atoms with Crippen molar-refractivity contribution in [3.63, 3.8) is 0 Å². The number of rotatable bonds is 3. The first-order chi connectivity index (χ1) is 23.8. The van der Waals surface area contributed by atoms with Crippen molar-refractivity contribution >= 4 is 38.6 Å². The third-order valence-electron chi connectivity index (χ3n) is 10.4. The van der Waals surface area contributed by atoms with Gasteiger partial charge in [-0.25, -0.2) is 0 Å². The van der Waals surface area contributed by atoms with Crippen LogP contribution in [0, 0.1) is 11.3 Å². The van der Waals surface area contributed by atoms with Gasteiger partial charge in [0.1, 0.15) is 0 Å². The molecule has 0 aromatic heterocycles. The van der Waals surface area contributed by atoms with Gasteiger partial charge in [0.25, 0.3) is 0 Å². The van der Waals surface area contributed by atoms with Crippen LogP contribution in [0.2, 0.25) is 0 Å². The Morgan fingerprint density at radius 1 is 0.417 bits per heavy atom. The summed E-state index contributed by atoms with van der Waals surface area (Å²) in [5.74, 6) is 0. The van der Waals surface area contributed by atoms with Crippen molar-refractivity contribution in [2.45, 2.75) is 5.41 Å². The molecule has 8 aromatic rings. The minimum atomic E-state index is -0.418. The Morgan fingerprint density at radius 2 is 1.04 bits per heavy atom. The lowest BCUT2D eigenvalue weighted by atomic mass is 9.70. The van der Waals surface area contributed by atoms with Crippen LogP contribution >= 0.6 is 0 Å². The molecule has 2 aliphatic rings. The summed E-state index contributed by atoms with van der Waals surface area (Å²) in [6.45, 7) is 0. The number of para-hydroxylation sites is 1. The Bertz CT molecular complexity index is 2580. The predicted octanol–water partition coefficient (Wildman–Crippen LogP) is 11.7. The summed E-state index contributed by atoms with van der Waals surface area (Å²) in [5.41, 5.74) is 14.0. The number of hydrogen-bond donors (Lipinski definition) is 0. The molecule has 0 heterocycles. The predicted molar refractivity (Wildman–Crippen MR) is 197 cm³/mol. The van der Waals surface area contributed by atoms with Crippen molar-refractivity contribution in [2.24, 2.45) is 0 Å². The number of anilines is 3. The van der Waals surface area contributed by atoms with Gasteiger partial charge in [0.15, 0.2) is 0 Å². The molecule has 2 aliphatic carbocycles. The number of fused-ring (bicyclic) bond motifs is 13. The zero-order valence-electron chi connectivity index (χ0n) is 26.1. The van der Waals surface area contributed by atoms with Crippen molar-refractivity contribution in [1.29, 1.82) is 5.26 Å². The lowest BCUT2D eigenvalue weighted by molar-refractivity contribution is 0.795. The number of hydrogen-bond acceptors (Lipinski definition) is 2. The maximum Gasteiger partial charge on any atom is 0.0991 e. The minimum Gasteiger partial charge on any atom is -0.310 e. The van der Waals surface area contributed by atoms with E-state index in [4.69, 9.17) is 0 Å². The molecule has 10 rings (SSSR count). The Balaban J connectivity index is 1.28. The molecule has 0 unspecified atom stereocenters. The highest BCUT2D eigenvalue weighted by Crippen LogP contribution is 2.64. The zero-order chi connectivity index (χ0) is 31.8. The average Bonchev–Trinajstić information content (AvgIpc) is 3.62. The SMILES string of the molecule is N#Cc1ccc(N(c2ccccc2)c2ccc3cc4c(cc3c2)C2(c3ccccc3-c3ccccc32)c2ccc3ccccc3c2-4)cc1. The van der Waals surface area contributed by atoms with Crippen LogP contribution in [-0.4, -0.2) is 0 Å². The second-order valence-corrected chi connectivity index (χ2v) is 12.8. The van der Waals surface area contributed by atoms with E-state index in [1.165, 1.54) is 66.1 Å². The first kappa shape index (κ1) is 26.8. The van der Waals surface area contributed by atoms with E-state index in [1.807, 2.05) is 30.3 Å². The third-order valence-corrected chi connectivity index (χ3v) is 10.4. The van der Waals surface area contributed by atoms with E-state index in [-0.39, 0.29) is 0 Å². The van der Waals surface area contributed by atoms with Crippen molar-refractivity contribution in [3.05, 3.63) is 198 Å². The molecule has 2 heteroatoms. The van der Waals surface area contributed by atoms with Gasteiger partial charge in [-0.15, -0.1) is 0 Å². The van der Waals surface area contributed by atoms with Crippen LogP contribution < -0.4 is 4.90 Å². The van der Waals surface area contributed by atoms with Crippen LogP contribution in [0.1, 0.15) is 27.8 Å². The Labute approximate surface area is 279 Å². The van der Waals surface area contributed by atoms with Crippen LogP contribution in [-0.2, 0) is 5.41 Å². The number of benzene rings is 8. The van der Waals surface area contributed by atoms with Gasteiger partial charge in [-0.1, -0.05) is 109 Å². The summed E-state index contributed by atoms with van der Waals surface area (Å²) in [6, 6.07) is 63.7. The van der Waals surface area contributed by atoms with Crippen LogP contribution in [0.5, 0.6) is 0 Å². The number of nitrogens with zero attached hydrogens (tertiary/aromatic N) is 2. The molecule has 0 radical (unpaired) electrons. The lowest BCUT2D eigenvalue weighted by Crippen LogP contribution is -2.25. The van der Waals surface area contributed by atoms with E-state index in [0.717, 1.165) is 17.1 Å². The van der Waals surface area contributed by atoms with Crippen LogP contribution in [0.4, 0.5) is 17.1 Å². The molecule has 2 nitrogen and oxygen atoms in total. The smallest absolute Gasteiger partial charge is 0.0991 e. The molecule has 222 valence electrons. The molecule has 1 spiro atoms. The monoisotopic (exact) mass is 608 g/mol. The largest absolute Gasteiger partial charge is 0.310 e. The van der Waals surface area contributed by atoms with Gasteiger partial charge in [0.05, 0.1) is 17.0 Å². The van der Waals surface area contributed by atoms with Gasteiger partial charge in [-0.2, -0.15) is 5.26 Å². The van der Waals surface area contributed by atoms with E-state index in [2.05, 4.69) is 150 Å². The first-order valence-corrected chi connectivity index (χ1v) is 16.4. The van der Waals surface area contributed by atoms with Crippen molar-refractivity contribution in [3.8, 4) is 28.3 Å². The topological polar surface area (TPSA) is 27.0 Å². The Kier molecular flexibility index (Phi) is 5.59. The van der Waals surface area contributed by atoms with E-state index < -0.39 is 5.41 Å². The van der Waals surface area contributed by atoms with Crippen molar-refractivity contribution in [1.82, 2.24) is 0 Å². The summed E-state index contributed by atoms with van der Waals surface area (Å²) in [5, 5.41) is 14.4. The second kappa shape index (κ2) is 10.0. The highest BCUT2D eigenvalue weighted by Gasteiger charge is 2.52. The Morgan fingerprint density at radius 3 is 1.79 bits per heavy atom. The van der Waals surface area contributed by atoms with E-state index in [0.29, 0.717) is 5.56 Å². The molecule has 0 atom stereocenters. The van der Waals surface area contributed by atoms with Gasteiger partial charge >= 0.3 is 0 Å². The van der Waals surface area contributed by atoms with Gasteiger partial charge in [0, 0.05) is 17.1 Å². The highest BCUT2D eigenvalue weighted by molar-refractivity contribution is 6.08. The van der Waals surface area contributed by atoms with Crippen LogP contribution in [0.15, 0.2) is 170 Å². The highest BCUT2D eigenvalue weighted by atomic mass is 15.1. The normalized spacial score (nSPS) is 13.1. The molecule has 8 aromatic carbocycles. The first-order valence-electron chi connectivity index (χ1n) is 16.4. The minimum absolute atomic E-state index is 0.418. The summed E-state index contributed by atoms with van der Waals surface area (Å²) in [6.07, 6.45) is 0. The second-order valence-electron chi connectivity index (χ2n) is 12.8. The zero-order valence-corrected chi connectivity index (χ0v) is 26.1. The average molecular weight is 609 g/mol. The van der Waals surface area contributed by atoms with Gasteiger partial charge < -0.3 is 4.90 Å². The standard InChI is InChI=1S/C46H28N2/c47-29-30-18-22-35(23-19-30)48(34-11-2-1-3-12-34)36-24-20-32-27-40-44(28-33(32)26-36)46(43-25-21-31-10-4-5-13-37(31)45(40)43)41-16-8-6-14-38(41)39-15-7-9-17-42(39)46/h1-28H. The maximum atomic E-state index is 9.47. The van der Waals surface area contributed by atoms with Gasteiger partial charge in [-0.3, -0.25) is 0 Å². The Hall–Kier alpha value is -6.43.